The van der Waals surface area contributed by atoms with E-state index in [-0.39, 0.29) is 6.04 Å². The molecule has 1 saturated heterocycles. The van der Waals surface area contributed by atoms with Gasteiger partial charge in [-0.25, -0.2) is 8.42 Å². The van der Waals surface area contributed by atoms with E-state index in [9.17, 15) is 8.42 Å². The minimum Gasteiger partial charge on any atom is -0.298 e. The van der Waals surface area contributed by atoms with Crippen molar-refractivity contribution < 1.29 is 8.42 Å². The molecule has 1 aromatic rings. The van der Waals surface area contributed by atoms with Crippen molar-refractivity contribution in [3.63, 3.8) is 0 Å². The van der Waals surface area contributed by atoms with Crippen molar-refractivity contribution in [2.75, 3.05) is 19.6 Å². The molecule has 1 unspecified atom stereocenters. The molecule has 4 nitrogen and oxygen atoms in total. The van der Waals surface area contributed by atoms with Gasteiger partial charge in [0.05, 0.1) is 4.90 Å². The highest BCUT2D eigenvalue weighted by molar-refractivity contribution is 7.89. The predicted octanol–water partition coefficient (Wildman–Crippen LogP) is 1.79. The SMILES string of the molecule is CC(C)N1CCN(S(=O)(=O)c2ccccc2)C(C)C1. The fourth-order valence-corrected chi connectivity index (χ4v) is 4.16. The summed E-state index contributed by atoms with van der Waals surface area (Å²) >= 11 is 0. The van der Waals surface area contributed by atoms with E-state index in [0.29, 0.717) is 17.5 Å². The average Bonchev–Trinajstić information content (AvgIpc) is 2.39. The molecule has 0 amide bonds. The first-order chi connectivity index (χ1) is 8.93. The first-order valence-electron chi connectivity index (χ1n) is 6.74. The fraction of sp³-hybridized carbons (Fsp3) is 0.571. The van der Waals surface area contributed by atoms with Crippen molar-refractivity contribution in [1.82, 2.24) is 9.21 Å². The number of benzene rings is 1. The molecule has 106 valence electrons. The number of nitrogens with zero attached hydrogens (tertiary/aromatic N) is 2. The van der Waals surface area contributed by atoms with Crippen molar-refractivity contribution in [1.29, 1.82) is 0 Å². The van der Waals surface area contributed by atoms with Crippen molar-refractivity contribution in [2.45, 2.75) is 37.8 Å². The molecule has 0 N–H and O–H groups in total. The zero-order valence-corrected chi connectivity index (χ0v) is 12.6. The van der Waals surface area contributed by atoms with Crippen LogP contribution in [-0.2, 0) is 10.0 Å². The summed E-state index contributed by atoms with van der Waals surface area (Å²) in [5, 5.41) is 0. The molecule has 0 saturated carbocycles. The van der Waals surface area contributed by atoms with Crippen LogP contribution in [0.1, 0.15) is 20.8 Å². The second-order valence-corrected chi connectivity index (χ2v) is 7.26. The summed E-state index contributed by atoms with van der Waals surface area (Å²) in [6.45, 7) is 8.44. The molecule has 0 aromatic heterocycles. The van der Waals surface area contributed by atoms with Gasteiger partial charge in [-0.05, 0) is 32.9 Å². The first-order valence-corrected chi connectivity index (χ1v) is 8.18. The fourth-order valence-electron chi connectivity index (χ4n) is 2.52. The summed E-state index contributed by atoms with van der Waals surface area (Å²) in [6.07, 6.45) is 0. The Morgan fingerprint density at radius 2 is 1.79 bits per heavy atom. The lowest BCUT2D eigenvalue weighted by atomic mass is 10.2. The van der Waals surface area contributed by atoms with Crippen LogP contribution in [0, 0.1) is 0 Å². The van der Waals surface area contributed by atoms with E-state index in [1.54, 1.807) is 28.6 Å². The van der Waals surface area contributed by atoms with Crippen LogP contribution in [-0.4, -0.2) is 49.3 Å². The van der Waals surface area contributed by atoms with Crippen molar-refractivity contribution in [3.05, 3.63) is 30.3 Å². The molecule has 1 aliphatic heterocycles. The van der Waals surface area contributed by atoms with Gasteiger partial charge >= 0.3 is 0 Å². The minimum absolute atomic E-state index is 0.0151. The maximum atomic E-state index is 12.6. The lowest BCUT2D eigenvalue weighted by molar-refractivity contribution is 0.116. The van der Waals surface area contributed by atoms with E-state index in [1.807, 2.05) is 13.0 Å². The molecule has 2 rings (SSSR count). The van der Waals surface area contributed by atoms with Crippen LogP contribution in [0.2, 0.25) is 0 Å². The molecule has 1 fully saturated rings. The van der Waals surface area contributed by atoms with Gasteiger partial charge in [-0.2, -0.15) is 4.31 Å². The molecular weight excluding hydrogens is 260 g/mol. The highest BCUT2D eigenvalue weighted by Gasteiger charge is 2.33. The zero-order chi connectivity index (χ0) is 14.0. The molecule has 19 heavy (non-hydrogen) atoms. The zero-order valence-electron chi connectivity index (χ0n) is 11.8. The highest BCUT2D eigenvalue weighted by Crippen LogP contribution is 2.21. The highest BCUT2D eigenvalue weighted by atomic mass is 32.2. The Morgan fingerprint density at radius 1 is 1.16 bits per heavy atom. The molecule has 0 radical (unpaired) electrons. The van der Waals surface area contributed by atoms with E-state index < -0.39 is 10.0 Å². The van der Waals surface area contributed by atoms with Gasteiger partial charge in [0.25, 0.3) is 0 Å². The topological polar surface area (TPSA) is 40.6 Å². The van der Waals surface area contributed by atoms with E-state index in [1.165, 1.54) is 0 Å². The summed E-state index contributed by atoms with van der Waals surface area (Å²) in [5.74, 6) is 0. The van der Waals surface area contributed by atoms with E-state index in [2.05, 4.69) is 18.7 Å². The van der Waals surface area contributed by atoms with Gasteiger partial charge in [-0.1, -0.05) is 18.2 Å². The Morgan fingerprint density at radius 3 is 2.32 bits per heavy atom. The van der Waals surface area contributed by atoms with E-state index in [0.717, 1.165) is 13.1 Å². The largest absolute Gasteiger partial charge is 0.298 e. The third-order valence-corrected chi connectivity index (χ3v) is 5.71. The molecule has 1 heterocycles. The first kappa shape index (κ1) is 14.5. The summed E-state index contributed by atoms with van der Waals surface area (Å²) in [7, 11) is -3.35. The number of piperazine rings is 1. The van der Waals surface area contributed by atoms with Crippen molar-refractivity contribution in [3.8, 4) is 0 Å². The van der Waals surface area contributed by atoms with Gasteiger partial charge in [0.2, 0.25) is 10.0 Å². The standard InChI is InChI=1S/C14H22N2O2S/c1-12(2)15-9-10-16(13(3)11-15)19(17,18)14-7-5-4-6-8-14/h4-8,12-13H,9-11H2,1-3H3. The Balaban J connectivity index is 2.19. The Kier molecular flexibility index (Phi) is 4.28. The number of hydrogen-bond acceptors (Lipinski definition) is 3. The van der Waals surface area contributed by atoms with Crippen LogP contribution >= 0.6 is 0 Å². The third-order valence-electron chi connectivity index (χ3n) is 3.68. The third kappa shape index (κ3) is 2.99. The van der Waals surface area contributed by atoms with Gasteiger partial charge in [0.1, 0.15) is 0 Å². The van der Waals surface area contributed by atoms with Crippen LogP contribution < -0.4 is 0 Å². The maximum Gasteiger partial charge on any atom is 0.243 e. The van der Waals surface area contributed by atoms with Crippen LogP contribution in [0.5, 0.6) is 0 Å². The molecule has 5 heteroatoms. The van der Waals surface area contributed by atoms with Crippen LogP contribution in [0.15, 0.2) is 35.2 Å². The van der Waals surface area contributed by atoms with E-state index >= 15 is 0 Å². The summed E-state index contributed by atoms with van der Waals surface area (Å²) in [5.41, 5.74) is 0. The molecule has 0 aliphatic carbocycles. The number of hydrogen-bond donors (Lipinski definition) is 0. The quantitative estimate of drug-likeness (QED) is 0.848. The smallest absolute Gasteiger partial charge is 0.243 e. The van der Waals surface area contributed by atoms with Crippen LogP contribution in [0.4, 0.5) is 0 Å². The lowest BCUT2D eigenvalue weighted by Gasteiger charge is -2.40. The van der Waals surface area contributed by atoms with Gasteiger partial charge in [0.15, 0.2) is 0 Å². The summed E-state index contributed by atoms with van der Waals surface area (Å²) < 4.78 is 26.8. The second kappa shape index (κ2) is 5.61. The molecule has 0 bridgehead atoms. The monoisotopic (exact) mass is 282 g/mol. The Hall–Kier alpha value is -0.910. The molecule has 1 atom stereocenters. The van der Waals surface area contributed by atoms with Gasteiger partial charge < -0.3 is 0 Å². The maximum absolute atomic E-state index is 12.6. The Bertz CT molecular complexity index is 514. The molecule has 1 aromatic carbocycles. The van der Waals surface area contributed by atoms with Crippen LogP contribution in [0.25, 0.3) is 0 Å². The number of rotatable bonds is 3. The lowest BCUT2D eigenvalue weighted by Crippen LogP contribution is -2.55. The van der Waals surface area contributed by atoms with Gasteiger partial charge in [-0.3, -0.25) is 4.90 Å². The van der Waals surface area contributed by atoms with Crippen molar-refractivity contribution in [2.24, 2.45) is 0 Å². The molecular formula is C14H22N2O2S. The molecule has 0 spiro atoms. The minimum atomic E-state index is -3.35. The van der Waals surface area contributed by atoms with Crippen LogP contribution in [0.3, 0.4) is 0 Å². The molecule has 1 aliphatic rings. The average molecular weight is 282 g/mol. The van der Waals surface area contributed by atoms with E-state index in [4.69, 9.17) is 0 Å². The summed E-state index contributed by atoms with van der Waals surface area (Å²) in [4.78, 5) is 2.71. The Labute approximate surface area is 116 Å². The van der Waals surface area contributed by atoms with Crippen molar-refractivity contribution >= 4 is 10.0 Å². The second-order valence-electron chi connectivity index (χ2n) is 5.37. The normalized spacial score (nSPS) is 22.8. The number of sulfonamides is 1. The predicted molar refractivity (Wildman–Crippen MR) is 76.5 cm³/mol. The summed E-state index contributed by atoms with van der Waals surface area (Å²) in [6, 6.07) is 9.17. The van der Waals surface area contributed by atoms with Gasteiger partial charge in [0, 0.05) is 31.7 Å². The van der Waals surface area contributed by atoms with Gasteiger partial charge in [-0.15, -0.1) is 0 Å².